The second-order valence-electron chi connectivity index (χ2n) is 28.7. The molecule has 0 amide bonds. The van der Waals surface area contributed by atoms with Gasteiger partial charge in [-0.3, -0.25) is 4.79 Å². The Labute approximate surface area is 494 Å². The maximum absolute atomic E-state index is 15.2. The van der Waals surface area contributed by atoms with Crippen molar-refractivity contribution in [2.24, 2.45) is 50.2 Å². The van der Waals surface area contributed by atoms with Gasteiger partial charge in [-0.25, -0.2) is 0 Å². The highest BCUT2D eigenvalue weighted by molar-refractivity contribution is 5.79. The van der Waals surface area contributed by atoms with Gasteiger partial charge in [0, 0.05) is 0 Å². The Morgan fingerprint density at radius 3 is 1.74 bits per heavy atom. The number of aliphatic hydroxyl groups excluding tert-OH is 15. The predicted molar refractivity (Wildman–Crippen MR) is 288 cm³/mol. The highest BCUT2D eigenvalue weighted by atomic mass is 16.8. The van der Waals surface area contributed by atoms with Crippen molar-refractivity contribution < 1.29 is 129 Å². The van der Waals surface area contributed by atoms with Crippen LogP contribution in [0.3, 0.4) is 0 Å². The highest BCUT2D eigenvalue weighted by Crippen LogP contribution is 2.76. The van der Waals surface area contributed by atoms with E-state index in [0.29, 0.717) is 38.5 Å². The lowest BCUT2D eigenvalue weighted by atomic mass is 9.33. The van der Waals surface area contributed by atoms with E-state index in [9.17, 15) is 76.6 Å². The molecule has 10 aliphatic rings. The van der Waals surface area contributed by atoms with Gasteiger partial charge in [0.25, 0.3) is 0 Å². The molecule has 85 heavy (non-hydrogen) atoms. The maximum atomic E-state index is 15.2. The van der Waals surface area contributed by atoms with Gasteiger partial charge < -0.3 is 124 Å². The van der Waals surface area contributed by atoms with Crippen LogP contribution in [0, 0.1) is 50.2 Å². The lowest BCUT2D eigenvalue weighted by Crippen LogP contribution is -2.66. The summed E-state index contributed by atoms with van der Waals surface area (Å²) in [6, 6.07) is 0. The van der Waals surface area contributed by atoms with Crippen LogP contribution in [-0.2, 0) is 52.2 Å². The summed E-state index contributed by atoms with van der Waals surface area (Å²) in [5.74, 6) is -0.567. The summed E-state index contributed by atoms with van der Waals surface area (Å²) in [7, 11) is 0. The summed E-state index contributed by atoms with van der Waals surface area (Å²) in [6.45, 7) is 15.0. The maximum Gasteiger partial charge on any atom is 0.315 e. The number of allylic oxidation sites excluding steroid dienone is 2. The van der Waals surface area contributed by atoms with Crippen LogP contribution in [-0.4, -0.2) is 263 Å². The summed E-state index contributed by atoms with van der Waals surface area (Å²) in [4.78, 5) is 15.2. The lowest BCUT2D eigenvalue weighted by Gasteiger charge is -2.71. The fourth-order valence-corrected chi connectivity index (χ4v) is 17.5. The molecule has 10 rings (SSSR count). The minimum Gasteiger partial charge on any atom is -0.432 e. The van der Waals surface area contributed by atoms with E-state index in [0.717, 1.165) is 25.7 Å². The van der Waals surface area contributed by atoms with E-state index >= 15 is 4.79 Å². The summed E-state index contributed by atoms with van der Waals surface area (Å²) in [5.41, 5.74) is -1.35. The molecule has 488 valence electrons. The van der Waals surface area contributed by atoms with Gasteiger partial charge in [-0.15, -0.1) is 0 Å². The van der Waals surface area contributed by atoms with E-state index in [1.807, 2.05) is 0 Å². The molecular weight excluding hydrogens is 1120 g/mol. The van der Waals surface area contributed by atoms with Gasteiger partial charge in [0.05, 0.1) is 44.1 Å². The van der Waals surface area contributed by atoms with Crippen molar-refractivity contribution in [3.8, 4) is 0 Å². The van der Waals surface area contributed by atoms with Gasteiger partial charge in [0.15, 0.2) is 25.2 Å². The molecule has 0 radical (unpaired) electrons. The van der Waals surface area contributed by atoms with Crippen molar-refractivity contribution in [2.45, 2.75) is 273 Å². The van der Waals surface area contributed by atoms with Gasteiger partial charge in [-0.2, -0.15) is 0 Å². The molecule has 5 heterocycles. The minimum atomic E-state index is -1.85. The first-order chi connectivity index (χ1) is 39.8. The average Bonchev–Trinajstić information content (AvgIpc) is 0.890. The number of fused-ring (bicyclic) bond motifs is 7. The first-order valence-electron chi connectivity index (χ1n) is 30.6. The summed E-state index contributed by atoms with van der Waals surface area (Å²) in [5, 5.41) is 160. The number of rotatable bonds is 13. The Kier molecular flexibility index (Phi) is 19.0. The Morgan fingerprint density at radius 2 is 1.11 bits per heavy atom. The lowest BCUT2D eigenvalue weighted by molar-refractivity contribution is -0.380. The van der Waals surface area contributed by atoms with E-state index in [4.69, 9.17) is 47.4 Å². The van der Waals surface area contributed by atoms with Gasteiger partial charge in [0.1, 0.15) is 110 Å². The van der Waals surface area contributed by atoms with Gasteiger partial charge in [-0.05, 0) is 116 Å². The SMILES string of the molecule is C[C@@H]1O[C@@H](O[C@H]2[C@H](O[C@H]3CC[C@@]4(C)C(CC[C@]5(C)C4CC=C4[C@@H]6CC(C)(C)CC[C@]6(C(=O)O[C@@H]6O[C@H](CO[C@@H]7O[C@H](CO)[C@@H](O)[C@H](O)[C@H]7O)[C@@H](O)[C@H](O)[C@H]6O)CC[C@]45C)C3(C)C)OC[C@H](O[C@@H]3O[C@H](CO)[C@@H](O)[C@H](O)[C@H]3O)[C@@H]2O)[C@H](O)[C@H](O)[C@H]1O. The third-order valence-electron chi connectivity index (χ3n) is 23.1. The molecule has 0 spiro atoms. The Bertz CT molecular complexity index is 2360. The molecule has 0 aromatic rings. The third-order valence-corrected chi connectivity index (χ3v) is 23.1. The second kappa shape index (κ2) is 24.4. The predicted octanol–water partition coefficient (Wildman–Crippen LogP) is -2.54. The van der Waals surface area contributed by atoms with Crippen molar-refractivity contribution in [3.05, 3.63) is 11.6 Å². The Balaban J connectivity index is 0.861. The van der Waals surface area contributed by atoms with Crippen molar-refractivity contribution in [1.82, 2.24) is 0 Å². The second-order valence-corrected chi connectivity index (χ2v) is 28.7. The smallest absolute Gasteiger partial charge is 0.315 e. The fourth-order valence-electron chi connectivity index (χ4n) is 17.5. The van der Waals surface area contributed by atoms with Crippen LogP contribution in [0.25, 0.3) is 0 Å². The summed E-state index contributed by atoms with van der Waals surface area (Å²) < 4.78 is 60.2. The Hall–Kier alpha value is -1.75. The zero-order valence-electron chi connectivity index (χ0n) is 49.8. The average molecular weight is 1220 g/mol. The van der Waals surface area contributed by atoms with Crippen LogP contribution < -0.4 is 0 Å². The van der Waals surface area contributed by atoms with E-state index in [-0.39, 0.29) is 46.0 Å². The number of carbonyl (C=O) groups is 1. The van der Waals surface area contributed by atoms with E-state index in [2.05, 4.69) is 54.5 Å². The third kappa shape index (κ3) is 11.2. The molecule has 9 fully saturated rings. The monoisotopic (exact) mass is 1220 g/mol. The number of hydrogen-bond donors (Lipinski definition) is 15. The van der Waals surface area contributed by atoms with Crippen LogP contribution in [0.15, 0.2) is 11.6 Å². The quantitative estimate of drug-likeness (QED) is 0.0513. The van der Waals surface area contributed by atoms with Gasteiger partial charge >= 0.3 is 5.97 Å². The zero-order chi connectivity index (χ0) is 62.0. The van der Waals surface area contributed by atoms with Gasteiger partial charge in [-0.1, -0.05) is 60.1 Å². The summed E-state index contributed by atoms with van der Waals surface area (Å²) in [6.07, 6.45) is -29.5. The molecule has 32 atom stereocenters. The van der Waals surface area contributed by atoms with Crippen molar-refractivity contribution >= 4 is 5.97 Å². The van der Waals surface area contributed by atoms with Crippen LogP contribution in [0.1, 0.15) is 120 Å². The number of ether oxygens (including phenoxy) is 10. The molecular formula is C59H96O26. The summed E-state index contributed by atoms with van der Waals surface area (Å²) >= 11 is 0. The number of carbonyl (C=O) groups excluding carboxylic acids is 1. The molecule has 4 saturated carbocycles. The van der Waals surface area contributed by atoms with E-state index < -0.39 is 190 Å². The molecule has 15 N–H and O–H groups in total. The number of aliphatic hydroxyl groups is 15. The van der Waals surface area contributed by atoms with Crippen LogP contribution in [0.5, 0.6) is 0 Å². The van der Waals surface area contributed by atoms with Crippen molar-refractivity contribution in [2.75, 3.05) is 26.4 Å². The molecule has 0 bridgehead atoms. The molecule has 26 nitrogen and oxygen atoms in total. The zero-order valence-corrected chi connectivity index (χ0v) is 49.8. The van der Waals surface area contributed by atoms with E-state index in [1.165, 1.54) is 12.5 Å². The first kappa shape index (κ1) is 66.2. The normalized spacial score (nSPS) is 54.1. The number of esters is 1. The fraction of sp³-hybridized carbons (Fsp3) is 0.949. The van der Waals surface area contributed by atoms with Crippen LogP contribution >= 0.6 is 0 Å². The Morgan fingerprint density at radius 1 is 0.553 bits per heavy atom. The van der Waals surface area contributed by atoms with Gasteiger partial charge in [0.2, 0.25) is 6.29 Å². The molecule has 5 saturated heterocycles. The van der Waals surface area contributed by atoms with Crippen molar-refractivity contribution in [1.29, 1.82) is 0 Å². The standard InChI is InChI=1S/C59H96O26/c1-24-34(62)39(67)44(72)49(78-24)84-47-38(66)30(82-50-45(73)41(69)36(64)28(21-61)80-50)23-77-52(47)83-33-12-13-56(6)31(55(33,4)5)11-14-58(8)32(56)10-9-25-26-19-54(2,3)15-17-59(26,18-16-57(25,58)7)53(75)85-51-46(74)42(70)37(65)29(81-51)22-76-48-43(71)40(68)35(63)27(20-60)79-48/h9,24,26-52,60-74H,10-23H2,1-8H3/t24-,26-,27+,28+,29+,30-,31?,32?,33-,34-,35+,36+,37+,38-,39+,40-,41-,42-,43+,44+,45+,46+,47+,48+,49-,50-,51-,52-,56-,57+,58+,59-/m0/s1. The highest BCUT2D eigenvalue weighted by Gasteiger charge is 2.70. The molecule has 5 aliphatic heterocycles. The van der Waals surface area contributed by atoms with Crippen molar-refractivity contribution in [3.63, 3.8) is 0 Å². The number of hydrogen-bond acceptors (Lipinski definition) is 26. The van der Waals surface area contributed by atoms with Crippen LogP contribution in [0.4, 0.5) is 0 Å². The largest absolute Gasteiger partial charge is 0.432 e. The van der Waals surface area contributed by atoms with E-state index in [1.54, 1.807) is 0 Å². The molecule has 5 aliphatic carbocycles. The molecule has 0 aromatic carbocycles. The molecule has 26 heteroatoms. The minimum absolute atomic E-state index is 0.0972. The topological polar surface area (TPSA) is 413 Å². The molecule has 2 unspecified atom stereocenters. The first-order valence-corrected chi connectivity index (χ1v) is 30.6. The molecule has 0 aromatic heterocycles. The van der Waals surface area contributed by atoms with Crippen LogP contribution in [0.2, 0.25) is 0 Å².